The molecule has 0 spiro atoms. The van der Waals surface area contributed by atoms with Crippen molar-refractivity contribution in [3.63, 3.8) is 0 Å². The van der Waals surface area contributed by atoms with E-state index in [0.29, 0.717) is 6.54 Å². The second-order valence-electron chi connectivity index (χ2n) is 1.91. The molecular weight excluding hydrogens is 164 g/mol. The standard InChI is InChI=1S/C6H14N2S2/c1-3-10-6(9)8(2)5-4-7/h3-5,7H2,1-2H3. The van der Waals surface area contributed by atoms with Gasteiger partial charge in [0.15, 0.2) is 0 Å². The zero-order valence-corrected chi connectivity index (χ0v) is 8.10. The first-order valence-corrected chi connectivity index (χ1v) is 4.69. The van der Waals surface area contributed by atoms with E-state index in [4.69, 9.17) is 18.0 Å². The molecule has 0 amide bonds. The van der Waals surface area contributed by atoms with Crippen LogP contribution in [0.2, 0.25) is 0 Å². The summed E-state index contributed by atoms with van der Waals surface area (Å²) in [4.78, 5) is 2.00. The van der Waals surface area contributed by atoms with Crippen LogP contribution in [0.15, 0.2) is 0 Å². The van der Waals surface area contributed by atoms with Crippen LogP contribution in [0.4, 0.5) is 0 Å². The van der Waals surface area contributed by atoms with E-state index in [-0.39, 0.29) is 0 Å². The molecule has 0 unspecified atom stereocenters. The molecule has 0 bridgehead atoms. The number of likely N-dealkylation sites (N-methyl/N-ethyl adjacent to an activating group) is 1. The Morgan fingerprint density at radius 1 is 1.70 bits per heavy atom. The van der Waals surface area contributed by atoms with Gasteiger partial charge in [0.05, 0.1) is 0 Å². The fraction of sp³-hybridized carbons (Fsp3) is 0.833. The molecule has 0 atom stereocenters. The number of rotatable bonds is 3. The van der Waals surface area contributed by atoms with Crippen molar-refractivity contribution in [1.82, 2.24) is 4.90 Å². The molecule has 0 aliphatic heterocycles. The summed E-state index contributed by atoms with van der Waals surface area (Å²) in [6.45, 7) is 3.61. The van der Waals surface area contributed by atoms with Crippen molar-refractivity contribution in [1.29, 1.82) is 0 Å². The van der Waals surface area contributed by atoms with Gasteiger partial charge in [0.2, 0.25) is 0 Å². The van der Waals surface area contributed by atoms with E-state index in [9.17, 15) is 0 Å². The SMILES string of the molecule is CCSC(=S)N(C)CCN. The fourth-order valence-corrected chi connectivity index (χ4v) is 1.52. The van der Waals surface area contributed by atoms with Gasteiger partial charge in [-0.3, -0.25) is 0 Å². The molecule has 0 heterocycles. The summed E-state index contributed by atoms with van der Waals surface area (Å²) >= 11 is 6.76. The maximum atomic E-state index is 5.35. The van der Waals surface area contributed by atoms with E-state index in [1.54, 1.807) is 11.8 Å². The Labute approximate surface area is 72.1 Å². The van der Waals surface area contributed by atoms with E-state index in [1.165, 1.54) is 0 Å². The van der Waals surface area contributed by atoms with E-state index < -0.39 is 0 Å². The van der Waals surface area contributed by atoms with Crippen LogP contribution in [0.1, 0.15) is 6.92 Å². The lowest BCUT2D eigenvalue weighted by Crippen LogP contribution is -2.28. The quantitative estimate of drug-likeness (QED) is 0.651. The molecule has 0 aromatic heterocycles. The molecule has 2 N–H and O–H groups in total. The normalized spacial score (nSPS) is 9.50. The zero-order valence-electron chi connectivity index (χ0n) is 6.46. The number of thioether (sulfide) groups is 1. The van der Waals surface area contributed by atoms with E-state index in [1.807, 2.05) is 11.9 Å². The van der Waals surface area contributed by atoms with Gasteiger partial charge >= 0.3 is 0 Å². The second kappa shape index (κ2) is 5.95. The second-order valence-corrected chi connectivity index (χ2v) is 3.81. The Hall–Kier alpha value is 0.200. The van der Waals surface area contributed by atoms with Crippen LogP contribution in [0, 0.1) is 0 Å². The molecule has 0 rings (SSSR count). The average Bonchev–Trinajstić information content (AvgIpc) is 1.89. The van der Waals surface area contributed by atoms with Crippen molar-refractivity contribution in [3.8, 4) is 0 Å². The summed E-state index contributed by atoms with van der Waals surface area (Å²) in [6, 6.07) is 0. The van der Waals surface area contributed by atoms with E-state index in [0.717, 1.165) is 16.6 Å². The molecule has 0 fully saturated rings. The van der Waals surface area contributed by atoms with Gasteiger partial charge < -0.3 is 10.6 Å². The molecule has 0 saturated heterocycles. The largest absolute Gasteiger partial charge is 0.359 e. The highest BCUT2D eigenvalue weighted by atomic mass is 32.2. The Kier molecular flexibility index (Phi) is 6.06. The minimum absolute atomic E-state index is 0.668. The summed E-state index contributed by atoms with van der Waals surface area (Å²) < 4.78 is 0.938. The Morgan fingerprint density at radius 2 is 2.30 bits per heavy atom. The fourth-order valence-electron chi connectivity index (χ4n) is 0.519. The number of nitrogens with zero attached hydrogens (tertiary/aromatic N) is 1. The van der Waals surface area contributed by atoms with Crippen molar-refractivity contribution < 1.29 is 0 Å². The Balaban J connectivity index is 3.49. The molecule has 0 radical (unpaired) electrons. The van der Waals surface area contributed by atoms with Crippen molar-refractivity contribution in [3.05, 3.63) is 0 Å². The van der Waals surface area contributed by atoms with E-state index >= 15 is 0 Å². The lowest BCUT2D eigenvalue weighted by molar-refractivity contribution is 0.533. The molecule has 0 aromatic carbocycles. The molecule has 0 saturated carbocycles. The number of hydrogen-bond acceptors (Lipinski definition) is 3. The van der Waals surface area contributed by atoms with Crippen molar-refractivity contribution in [2.24, 2.45) is 5.73 Å². The lowest BCUT2D eigenvalue weighted by Gasteiger charge is -2.17. The van der Waals surface area contributed by atoms with Crippen LogP contribution in [0.5, 0.6) is 0 Å². The van der Waals surface area contributed by atoms with Crippen molar-refractivity contribution in [2.75, 3.05) is 25.9 Å². The summed E-state index contributed by atoms with van der Waals surface area (Å²) in [5.74, 6) is 1.04. The molecule has 0 aliphatic carbocycles. The Bertz CT molecular complexity index is 106. The van der Waals surface area contributed by atoms with Crippen LogP contribution in [0.25, 0.3) is 0 Å². The van der Waals surface area contributed by atoms with Gasteiger partial charge in [-0.25, -0.2) is 0 Å². The topological polar surface area (TPSA) is 29.3 Å². The van der Waals surface area contributed by atoms with Crippen LogP contribution in [-0.2, 0) is 0 Å². The lowest BCUT2D eigenvalue weighted by atomic mass is 10.6. The number of nitrogens with two attached hydrogens (primary N) is 1. The maximum Gasteiger partial charge on any atom is 0.136 e. The maximum absolute atomic E-state index is 5.35. The molecule has 0 aromatic rings. The van der Waals surface area contributed by atoms with Gasteiger partial charge in [0, 0.05) is 20.1 Å². The molecule has 4 heteroatoms. The van der Waals surface area contributed by atoms with Crippen LogP contribution in [0.3, 0.4) is 0 Å². The minimum Gasteiger partial charge on any atom is -0.359 e. The van der Waals surface area contributed by atoms with Gasteiger partial charge in [0.25, 0.3) is 0 Å². The van der Waals surface area contributed by atoms with E-state index in [2.05, 4.69) is 6.92 Å². The summed E-state index contributed by atoms with van der Waals surface area (Å²) in [7, 11) is 1.97. The van der Waals surface area contributed by atoms with Crippen molar-refractivity contribution >= 4 is 28.3 Å². The van der Waals surface area contributed by atoms with Gasteiger partial charge in [-0.1, -0.05) is 30.9 Å². The van der Waals surface area contributed by atoms with Crippen LogP contribution >= 0.6 is 24.0 Å². The molecular formula is C6H14N2S2. The highest BCUT2D eigenvalue weighted by Crippen LogP contribution is 2.05. The third kappa shape index (κ3) is 4.09. The van der Waals surface area contributed by atoms with Crippen LogP contribution in [-0.4, -0.2) is 35.1 Å². The molecule has 60 valence electrons. The minimum atomic E-state index is 0.668. The highest BCUT2D eigenvalue weighted by molar-refractivity contribution is 8.22. The monoisotopic (exact) mass is 178 g/mol. The number of hydrogen-bond donors (Lipinski definition) is 1. The average molecular weight is 178 g/mol. The van der Waals surface area contributed by atoms with Crippen molar-refractivity contribution in [2.45, 2.75) is 6.92 Å². The Morgan fingerprint density at radius 3 is 2.70 bits per heavy atom. The summed E-state index contributed by atoms with van der Waals surface area (Å²) in [5, 5.41) is 0. The molecule has 0 aliphatic rings. The summed E-state index contributed by atoms with van der Waals surface area (Å²) in [5.41, 5.74) is 5.35. The molecule has 2 nitrogen and oxygen atoms in total. The van der Waals surface area contributed by atoms with Gasteiger partial charge in [-0.2, -0.15) is 0 Å². The predicted molar refractivity (Wildman–Crippen MR) is 52.4 cm³/mol. The first-order valence-electron chi connectivity index (χ1n) is 3.30. The zero-order chi connectivity index (χ0) is 7.98. The third-order valence-corrected chi connectivity index (χ3v) is 2.56. The van der Waals surface area contributed by atoms with Gasteiger partial charge in [0.1, 0.15) is 4.32 Å². The first kappa shape index (κ1) is 10.2. The third-order valence-electron chi connectivity index (χ3n) is 1.04. The smallest absolute Gasteiger partial charge is 0.136 e. The highest BCUT2D eigenvalue weighted by Gasteiger charge is 2.00. The van der Waals surface area contributed by atoms with Gasteiger partial charge in [-0.05, 0) is 5.75 Å². The molecule has 10 heavy (non-hydrogen) atoms. The first-order chi connectivity index (χ1) is 4.72. The van der Waals surface area contributed by atoms with Crippen LogP contribution < -0.4 is 5.73 Å². The summed E-state index contributed by atoms with van der Waals surface area (Å²) in [6.07, 6.45) is 0. The predicted octanol–water partition coefficient (Wildman–Crippen LogP) is 0.915. The number of thiocarbonyl (C=S) groups is 1. The van der Waals surface area contributed by atoms with Gasteiger partial charge in [-0.15, -0.1) is 0 Å².